The summed E-state index contributed by atoms with van der Waals surface area (Å²) in [6.07, 6.45) is 0. The van der Waals surface area contributed by atoms with Crippen LogP contribution in [0.3, 0.4) is 0 Å². The summed E-state index contributed by atoms with van der Waals surface area (Å²) in [5.74, 6) is -0.809. The van der Waals surface area contributed by atoms with Crippen molar-refractivity contribution in [2.45, 2.75) is 33.7 Å². The Morgan fingerprint density at radius 2 is 1.57 bits per heavy atom. The molecule has 0 radical (unpaired) electrons. The van der Waals surface area contributed by atoms with Gasteiger partial charge < -0.3 is 5.32 Å². The SMILES string of the molecule is CCNC(c1cc(C)c(C)cc1C)c1cc(F)ccc1F. The molecular formula is C18H21F2N. The first-order chi connectivity index (χ1) is 9.93. The molecule has 0 saturated carbocycles. The van der Waals surface area contributed by atoms with E-state index in [9.17, 15) is 8.78 Å². The van der Waals surface area contributed by atoms with Crippen molar-refractivity contribution in [3.8, 4) is 0 Å². The van der Waals surface area contributed by atoms with Gasteiger partial charge in [-0.3, -0.25) is 0 Å². The third-order valence-electron chi connectivity index (χ3n) is 3.87. The minimum Gasteiger partial charge on any atom is -0.306 e. The van der Waals surface area contributed by atoms with Gasteiger partial charge in [0.05, 0.1) is 6.04 Å². The van der Waals surface area contributed by atoms with Crippen molar-refractivity contribution < 1.29 is 8.78 Å². The van der Waals surface area contributed by atoms with E-state index >= 15 is 0 Å². The van der Waals surface area contributed by atoms with Crippen LogP contribution in [0, 0.1) is 32.4 Å². The molecule has 0 fully saturated rings. The van der Waals surface area contributed by atoms with Crippen molar-refractivity contribution in [1.29, 1.82) is 0 Å². The Morgan fingerprint density at radius 1 is 0.905 bits per heavy atom. The van der Waals surface area contributed by atoms with Crippen LogP contribution in [0.25, 0.3) is 0 Å². The number of aryl methyl sites for hydroxylation is 3. The number of nitrogens with one attached hydrogen (secondary N) is 1. The molecule has 2 rings (SSSR count). The van der Waals surface area contributed by atoms with E-state index in [1.165, 1.54) is 17.7 Å². The zero-order chi connectivity index (χ0) is 15.6. The molecule has 0 aromatic heterocycles. The van der Waals surface area contributed by atoms with Gasteiger partial charge in [0.25, 0.3) is 0 Å². The summed E-state index contributed by atoms with van der Waals surface area (Å²) in [6.45, 7) is 8.72. The van der Waals surface area contributed by atoms with E-state index in [-0.39, 0.29) is 11.9 Å². The van der Waals surface area contributed by atoms with E-state index in [2.05, 4.69) is 24.4 Å². The van der Waals surface area contributed by atoms with Gasteiger partial charge in [-0.05, 0) is 67.8 Å². The molecule has 2 aromatic carbocycles. The van der Waals surface area contributed by atoms with Crippen LogP contribution in [0.1, 0.15) is 40.8 Å². The van der Waals surface area contributed by atoms with Gasteiger partial charge >= 0.3 is 0 Å². The number of hydrogen-bond donors (Lipinski definition) is 1. The summed E-state index contributed by atoms with van der Waals surface area (Å²) < 4.78 is 27.6. The molecule has 0 spiro atoms. The van der Waals surface area contributed by atoms with E-state index in [0.29, 0.717) is 12.1 Å². The highest BCUT2D eigenvalue weighted by Crippen LogP contribution is 2.29. The molecule has 0 aliphatic rings. The Hall–Kier alpha value is -1.74. The molecule has 21 heavy (non-hydrogen) atoms. The normalized spacial score (nSPS) is 12.5. The fraction of sp³-hybridized carbons (Fsp3) is 0.333. The van der Waals surface area contributed by atoms with Crippen LogP contribution in [0.5, 0.6) is 0 Å². The molecule has 1 atom stereocenters. The summed E-state index contributed by atoms with van der Waals surface area (Å²) in [5.41, 5.74) is 4.77. The molecule has 0 saturated heterocycles. The van der Waals surface area contributed by atoms with Crippen LogP contribution in [-0.2, 0) is 0 Å². The topological polar surface area (TPSA) is 12.0 Å². The summed E-state index contributed by atoms with van der Waals surface area (Å²) >= 11 is 0. The lowest BCUT2D eigenvalue weighted by molar-refractivity contribution is 0.543. The fourth-order valence-electron chi connectivity index (χ4n) is 2.62. The van der Waals surface area contributed by atoms with E-state index in [4.69, 9.17) is 0 Å². The van der Waals surface area contributed by atoms with Crippen molar-refractivity contribution >= 4 is 0 Å². The maximum absolute atomic E-state index is 14.1. The first-order valence-electron chi connectivity index (χ1n) is 7.20. The minimum atomic E-state index is -0.421. The monoisotopic (exact) mass is 289 g/mol. The van der Waals surface area contributed by atoms with Crippen molar-refractivity contribution in [3.63, 3.8) is 0 Å². The van der Waals surface area contributed by atoms with Gasteiger partial charge in [-0.2, -0.15) is 0 Å². The average Bonchev–Trinajstić information content (AvgIpc) is 2.43. The number of halogens is 2. The molecule has 2 aromatic rings. The van der Waals surface area contributed by atoms with Crippen LogP contribution >= 0.6 is 0 Å². The average molecular weight is 289 g/mol. The van der Waals surface area contributed by atoms with Crippen LogP contribution in [0.4, 0.5) is 8.78 Å². The number of rotatable bonds is 4. The third kappa shape index (κ3) is 3.30. The van der Waals surface area contributed by atoms with Gasteiger partial charge in [0.2, 0.25) is 0 Å². The quantitative estimate of drug-likeness (QED) is 0.868. The molecule has 0 bridgehead atoms. The Morgan fingerprint density at radius 3 is 2.24 bits per heavy atom. The molecular weight excluding hydrogens is 268 g/mol. The van der Waals surface area contributed by atoms with E-state index < -0.39 is 5.82 Å². The second kappa shape index (κ2) is 6.35. The molecule has 1 nitrogen and oxygen atoms in total. The second-order valence-corrected chi connectivity index (χ2v) is 5.45. The van der Waals surface area contributed by atoms with Gasteiger partial charge in [-0.25, -0.2) is 8.78 Å². The van der Waals surface area contributed by atoms with Crippen molar-refractivity contribution in [2.75, 3.05) is 6.54 Å². The van der Waals surface area contributed by atoms with Crippen molar-refractivity contribution in [1.82, 2.24) is 5.32 Å². The summed E-state index contributed by atoms with van der Waals surface area (Å²) in [6, 6.07) is 7.41. The van der Waals surface area contributed by atoms with E-state index in [0.717, 1.165) is 22.8 Å². The molecule has 3 heteroatoms. The first-order valence-corrected chi connectivity index (χ1v) is 7.20. The molecule has 112 valence electrons. The number of hydrogen-bond acceptors (Lipinski definition) is 1. The van der Waals surface area contributed by atoms with E-state index in [1.54, 1.807) is 0 Å². The molecule has 0 aliphatic heterocycles. The summed E-state index contributed by atoms with van der Waals surface area (Å²) in [5, 5.41) is 3.26. The standard InChI is InChI=1S/C18H21F2N/c1-5-21-18(16-10-14(19)6-7-17(16)20)15-9-12(3)11(2)8-13(15)4/h6-10,18,21H,5H2,1-4H3. The van der Waals surface area contributed by atoms with Gasteiger partial charge in [-0.15, -0.1) is 0 Å². The largest absolute Gasteiger partial charge is 0.306 e. The Bertz CT molecular complexity index is 650. The van der Waals surface area contributed by atoms with Gasteiger partial charge in [0, 0.05) is 5.56 Å². The first kappa shape index (κ1) is 15.6. The van der Waals surface area contributed by atoms with Crippen molar-refractivity contribution in [2.24, 2.45) is 0 Å². The molecule has 1 N–H and O–H groups in total. The highest BCUT2D eigenvalue weighted by Gasteiger charge is 2.20. The lowest BCUT2D eigenvalue weighted by Crippen LogP contribution is -2.24. The second-order valence-electron chi connectivity index (χ2n) is 5.45. The third-order valence-corrected chi connectivity index (χ3v) is 3.87. The fourth-order valence-corrected chi connectivity index (χ4v) is 2.62. The van der Waals surface area contributed by atoms with Gasteiger partial charge in [0.1, 0.15) is 11.6 Å². The Kier molecular flexibility index (Phi) is 4.73. The van der Waals surface area contributed by atoms with E-state index in [1.807, 2.05) is 20.8 Å². The Balaban J connectivity index is 2.58. The minimum absolute atomic E-state index is 0.343. The maximum Gasteiger partial charge on any atom is 0.128 e. The molecule has 0 amide bonds. The lowest BCUT2D eigenvalue weighted by atomic mass is 9.91. The zero-order valence-corrected chi connectivity index (χ0v) is 12.9. The van der Waals surface area contributed by atoms with Crippen LogP contribution < -0.4 is 5.32 Å². The van der Waals surface area contributed by atoms with Crippen LogP contribution in [0.15, 0.2) is 30.3 Å². The van der Waals surface area contributed by atoms with Crippen LogP contribution in [-0.4, -0.2) is 6.54 Å². The lowest BCUT2D eigenvalue weighted by Gasteiger charge is -2.23. The molecule has 0 aliphatic carbocycles. The number of benzene rings is 2. The predicted octanol–water partition coefficient (Wildman–Crippen LogP) is 4.59. The smallest absolute Gasteiger partial charge is 0.128 e. The zero-order valence-electron chi connectivity index (χ0n) is 12.9. The maximum atomic E-state index is 14.1. The van der Waals surface area contributed by atoms with Gasteiger partial charge in [0.15, 0.2) is 0 Å². The molecule has 1 unspecified atom stereocenters. The highest BCUT2D eigenvalue weighted by atomic mass is 19.1. The van der Waals surface area contributed by atoms with Gasteiger partial charge in [-0.1, -0.05) is 19.1 Å². The summed E-state index contributed by atoms with van der Waals surface area (Å²) in [4.78, 5) is 0. The van der Waals surface area contributed by atoms with Crippen molar-refractivity contribution in [3.05, 3.63) is 69.8 Å². The van der Waals surface area contributed by atoms with Crippen LogP contribution in [0.2, 0.25) is 0 Å². The Labute approximate surface area is 125 Å². The summed E-state index contributed by atoms with van der Waals surface area (Å²) in [7, 11) is 0. The predicted molar refractivity (Wildman–Crippen MR) is 82.5 cm³/mol. The highest BCUT2D eigenvalue weighted by molar-refractivity contribution is 5.42. The molecule has 0 heterocycles.